The van der Waals surface area contributed by atoms with Crippen LogP contribution in [0, 0.1) is 0 Å². The molecule has 0 unspecified atom stereocenters. The van der Waals surface area contributed by atoms with Crippen molar-refractivity contribution in [1.82, 2.24) is 9.80 Å². The number of rotatable bonds is 3. The van der Waals surface area contributed by atoms with E-state index in [-0.39, 0.29) is 5.54 Å². The average Bonchev–Trinajstić information content (AvgIpc) is 2.18. The van der Waals surface area contributed by atoms with E-state index < -0.39 is 0 Å². The lowest BCUT2D eigenvalue weighted by molar-refractivity contribution is 0.00358. The fraction of sp³-hybridized carbons (Fsp3) is 1.00. The Morgan fingerprint density at radius 2 is 1.92 bits per heavy atom. The smallest absolute Gasteiger partial charge is 0.0616 e. The number of hydrogen-bond donors (Lipinski definition) is 1. The summed E-state index contributed by atoms with van der Waals surface area (Å²) >= 11 is 0. The van der Waals surface area contributed by atoms with Crippen LogP contribution in [-0.2, 0) is 0 Å². The highest BCUT2D eigenvalue weighted by molar-refractivity contribution is 4.92. The van der Waals surface area contributed by atoms with Gasteiger partial charge in [-0.15, -0.1) is 0 Å². The third kappa shape index (κ3) is 2.22. The summed E-state index contributed by atoms with van der Waals surface area (Å²) < 4.78 is 0. The Labute approximate surface area is 81.3 Å². The maximum absolute atomic E-state index is 9.47. The molecular weight excluding hydrogens is 164 g/mol. The Hall–Kier alpha value is -0.120. The Kier molecular flexibility index (Phi) is 3.71. The van der Waals surface area contributed by atoms with E-state index in [0.717, 1.165) is 32.5 Å². The van der Waals surface area contributed by atoms with Gasteiger partial charge in [-0.1, -0.05) is 6.92 Å². The molecule has 0 aliphatic carbocycles. The number of piperidine rings is 1. The topological polar surface area (TPSA) is 26.7 Å². The van der Waals surface area contributed by atoms with Crippen molar-refractivity contribution in [1.29, 1.82) is 0 Å². The molecule has 1 N–H and O–H groups in total. The summed E-state index contributed by atoms with van der Waals surface area (Å²) in [6.07, 6.45) is 2.18. The molecule has 0 saturated carbocycles. The first-order chi connectivity index (χ1) is 6.14. The van der Waals surface area contributed by atoms with Crippen LogP contribution in [0.3, 0.4) is 0 Å². The van der Waals surface area contributed by atoms with E-state index in [4.69, 9.17) is 0 Å². The number of aliphatic hydroxyl groups excluding tert-OH is 1. The molecule has 0 aromatic heterocycles. The molecule has 1 fully saturated rings. The number of hydrogen-bond acceptors (Lipinski definition) is 3. The maximum atomic E-state index is 9.47. The summed E-state index contributed by atoms with van der Waals surface area (Å²) in [4.78, 5) is 4.62. The highest BCUT2D eigenvalue weighted by atomic mass is 16.3. The minimum absolute atomic E-state index is 0.0568. The van der Waals surface area contributed by atoms with Gasteiger partial charge in [-0.2, -0.15) is 0 Å². The average molecular weight is 186 g/mol. The molecule has 13 heavy (non-hydrogen) atoms. The van der Waals surface area contributed by atoms with Crippen LogP contribution in [0.5, 0.6) is 0 Å². The van der Waals surface area contributed by atoms with Gasteiger partial charge in [0.05, 0.1) is 6.61 Å². The highest BCUT2D eigenvalue weighted by Crippen LogP contribution is 2.26. The van der Waals surface area contributed by atoms with Crippen LogP contribution in [0.4, 0.5) is 0 Å². The Bertz CT molecular complexity index is 153. The lowest BCUT2D eigenvalue weighted by atomic mass is 9.87. The second kappa shape index (κ2) is 4.40. The van der Waals surface area contributed by atoms with Gasteiger partial charge >= 0.3 is 0 Å². The zero-order chi connectivity index (χ0) is 9.90. The molecule has 0 bridgehead atoms. The van der Waals surface area contributed by atoms with Crippen LogP contribution in [0.1, 0.15) is 19.8 Å². The number of likely N-dealkylation sites (N-methyl/N-ethyl adjacent to an activating group) is 1. The van der Waals surface area contributed by atoms with Crippen molar-refractivity contribution in [2.45, 2.75) is 25.3 Å². The molecule has 0 amide bonds. The largest absolute Gasteiger partial charge is 0.394 e. The van der Waals surface area contributed by atoms with E-state index in [1.165, 1.54) is 0 Å². The summed E-state index contributed by atoms with van der Waals surface area (Å²) in [5.41, 5.74) is 0.0568. The minimum atomic E-state index is 0.0568. The normalized spacial score (nSPS) is 23.8. The van der Waals surface area contributed by atoms with E-state index in [1.807, 2.05) is 0 Å². The van der Waals surface area contributed by atoms with Gasteiger partial charge in [0, 0.05) is 5.54 Å². The standard InChI is InChI=1S/C10H22N2O/c1-4-12(3)10(9-13)5-7-11(2)8-6-10/h13H,4-9H2,1-3H3. The molecule has 1 aliphatic heterocycles. The van der Waals surface area contributed by atoms with E-state index in [1.54, 1.807) is 0 Å². The molecule has 1 saturated heterocycles. The molecule has 0 atom stereocenters. The zero-order valence-electron chi connectivity index (χ0n) is 9.08. The first kappa shape index (κ1) is 11.0. The predicted molar refractivity (Wildman–Crippen MR) is 54.9 cm³/mol. The molecule has 78 valence electrons. The van der Waals surface area contributed by atoms with Crippen molar-refractivity contribution < 1.29 is 5.11 Å². The van der Waals surface area contributed by atoms with Crippen molar-refractivity contribution in [2.24, 2.45) is 0 Å². The second-order valence-corrected chi connectivity index (χ2v) is 4.20. The summed E-state index contributed by atoms with van der Waals surface area (Å²) in [7, 11) is 4.26. The fourth-order valence-electron chi connectivity index (χ4n) is 2.03. The van der Waals surface area contributed by atoms with Gasteiger partial charge in [0.2, 0.25) is 0 Å². The first-order valence-corrected chi connectivity index (χ1v) is 5.15. The van der Waals surface area contributed by atoms with Crippen molar-refractivity contribution >= 4 is 0 Å². The Morgan fingerprint density at radius 3 is 2.31 bits per heavy atom. The zero-order valence-corrected chi connectivity index (χ0v) is 9.08. The lowest BCUT2D eigenvalue weighted by Gasteiger charge is -2.45. The number of likely N-dealkylation sites (tertiary alicyclic amines) is 1. The Morgan fingerprint density at radius 1 is 1.38 bits per heavy atom. The monoisotopic (exact) mass is 186 g/mol. The molecule has 1 rings (SSSR count). The molecule has 1 aliphatic rings. The van der Waals surface area contributed by atoms with E-state index in [0.29, 0.717) is 6.61 Å². The molecule has 0 radical (unpaired) electrons. The summed E-state index contributed by atoms with van der Waals surface area (Å²) in [5, 5.41) is 9.47. The van der Waals surface area contributed by atoms with Gasteiger partial charge in [-0.05, 0) is 46.6 Å². The van der Waals surface area contributed by atoms with Crippen LogP contribution in [0.2, 0.25) is 0 Å². The van der Waals surface area contributed by atoms with Crippen molar-refractivity contribution in [3.05, 3.63) is 0 Å². The number of aliphatic hydroxyl groups is 1. The van der Waals surface area contributed by atoms with Crippen LogP contribution < -0.4 is 0 Å². The van der Waals surface area contributed by atoms with Crippen LogP contribution >= 0.6 is 0 Å². The van der Waals surface area contributed by atoms with Gasteiger partial charge in [0.1, 0.15) is 0 Å². The third-order valence-corrected chi connectivity index (χ3v) is 3.50. The summed E-state index contributed by atoms with van der Waals surface area (Å²) in [6, 6.07) is 0. The lowest BCUT2D eigenvalue weighted by Crippen LogP contribution is -2.55. The molecular formula is C10H22N2O. The second-order valence-electron chi connectivity index (χ2n) is 4.20. The summed E-state index contributed by atoms with van der Waals surface area (Å²) in [5.74, 6) is 0. The molecule has 3 heteroatoms. The molecule has 0 spiro atoms. The van der Waals surface area contributed by atoms with E-state index in [9.17, 15) is 5.11 Å². The summed E-state index contributed by atoms with van der Waals surface area (Å²) in [6.45, 7) is 5.67. The molecule has 0 aromatic carbocycles. The van der Waals surface area contributed by atoms with Gasteiger partial charge in [-0.25, -0.2) is 0 Å². The number of nitrogens with zero attached hydrogens (tertiary/aromatic N) is 2. The molecule has 3 nitrogen and oxygen atoms in total. The van der Waals surface area contributed by atoms with Crippen molar-refractivity contribution in [2.75, 3.05) is 40.3 Å². The molecule has 1 heterocycles. The van der Waals surface area contributed by atoms with Gasteiger partial charge in [0.15, 0.2) is 0 Å². The van der Waals surface area contributed by atoms with E-state index >= 15 is 0 Å². The predicted octanol–water partition coefficient (Wildman–Crippen LogP) is 0.395. The van der Waals surface area contributed by atoms with Crippen LogP contribution in [0.15, 0.2) is 0 Å². The SMILES string of the molecule is CCN(C)C1(CO)CCN(C)CC1. The fourth-order valence-corrected chi connectivity index (χ4v) is 2.03. The quantitative estimate of drug-likeness (QED) is 0.691. The van der Waals surface area contributed by atoms with Crippen molar-refractivity contribution in [3.63, 3.8) is 0 Å². The maximum Gasteiger partial charge on any atom is 0.0616 e. The third-order valence-electron chi connectivity index (χ3n) is 3.50. The van der Waals surface area contributed by atoms with Gasteiger partial charge in [-0.3, -0.25) is 4.90 Å². The van der Waals surface area contributed by atoms with Crippen LogP contribution in [-0.4, -0.2) is 60.8 Å². The molecule has 0 aromatic rings. The Balaban J connectivity index is 2.60. The van der Waals surface area contributed by atoms with Crippen LogP contribution in [0.25, 0.3) is 0 Å². The van der Waals surface area contributed by atoms with Crippen molar-refractivity contribution in [3.8, 4) is 0 Å². The highest BCUT2D eigenvalue weighted by Gasteiger charge is 2.35. The minimum Gasteiger partial charge on any atom is -0.394 e. The van der Waals surface area contributed by atoms with Gasteiger partial charge < -0.3 is 10.0 Å². The first-order valence-electron chi connectivity index (χ1n) is 5.15. The van der Waals surface area contributed by atoms with Gasteiger partial charge in [0.25, 0.3) is 0 Å². The van der Waals surface area contributed by atoms with E-state index in [2.05, 4.69) is 30.8 Å².